The Balaban J connectivity index is 1.89. The largest absolute Gasteiger partial charge is 0.495 e. The van der Waals surface area contributed by atoms with Gasteiger partial charge in [-0.25, -0.2) is 4.79 Å². The third kappa shape index (κ3) is 6.05. The van der Waals surface area contributed by atoms with Gasteiger partial charge < -0.3 is 19.5 Å². The molecule has 0 fully saturated rings. The first kappa shape index (κ1) is 20.9. The highest BCUT2D eigenvalue weighted by Gasteiger charge is 2.18. The van der Waals surface area contributed by atoms with E-state index >= 15 is 0 Å². The first-order valence-electron chi connectivity index (χ1n) is 8.03. The molecule has 0 aliphatic carbocycles. The number of anilines is 1. The van der Waals surface area contributed by atoms with Crippen LogP contribution < -0.4 is 14.8 Å². The number of ether oxygens (including phenoxy) is 3. The van der Waals surface area contributed by atoms with Gasteiger partial charge in [0.05, 0.1) is 12.8 Å². The summed E-state index contributed by atoms with van der Waals surface area (Å²) in [6.45, 7) is 2.85. The van der Waals surface area contributed by atoms with Crippen LogP contribution in [0.2, 0.25) is 10.0 Å². The van der Waals surface area contributed by atoms with Crippen molar-refractivity contribution >= 4 is 40.8 Å². The van der Waals surface area contributed by atoms with Crippen LogP contribution >= 0.6 is 23.2 Å². The Morgan fingerprint density at radius 3 is 2.59 bits per heavy atom. The van der Waals surface area contributed by atoms with Crippen molar-refractivity contribution in [1.82, 2.24) is 0 Å². The molecule has 8 heteroatoms. The second-order valence-electron chi connectivity index (χ2n) is 5.68. The van der Waals surface area contributed by atoms with Gasteiger partial charge in [-0.3, -0.25) is 4.79 Å². The van der Waals surface area contributed by atoms with Gasteiger partial charge in [0.1, 0.15) is 11.5 Å². The molecule has 0 saturated carbocycles. The van der Waals surface area contributed by atoms with Gasteiger partial charge in [-0.2, -0.15) is 0 Å². The van der Waals surface area contributed by atoms with E-state index < -0.39 is 24.6 Å². The van der Waals surface area contributed by atoms with Gasteiger partial charge in [0, 0.05) is 16.1 Å². The van der Waals surface area contributed by atoms with E-state index in [1.54, 1.807) is 43.3 Å². The maximum absolute atomic E-state index is 12.1. The van der Waals surface area contributed by atoms with Crippen molar-refractivity contribution in [1.29, 1.82) is 0 Å². The molecule has 0 aliphatic heterocycles. The second kappa shape index (κ2) is 9.48. The predicted octanol–water partition coefficient (Wildman–Crippen LogP) is 4.26. The van der Waals surface area contributed by atoms with E-state index in [0.717, 1.165) is 5.56 Å². The van der Waals surface area contributed by atoms with Crippen LogP contribution in [0.5, 0.6) is 11.5 Å². The van der Waals surface area contributed by atoms with Crippen molar-refractivity contribution in [3.8, 4) is 11.5 Å². The highest BCUT2D eigenvalue weighted by Crippen LogP contribution is 2.30. The molecular formula is C19H19Cl2NO5. The number of hydrogen-bond donors (Lipinski definition) is 1. The molecule has 1 N–H and O–H groups in total. The van der Waals surface area contributed by atoms with Gasteiger partial charge in [-0.1, -0.05) is 29.3 Å². The van der Waals surface area contributed by atoms with Gasteiger partial charge in [0.2, 0.25) is 0 Å². The molecule has 1 amide bonds. The Bertz CT molecular complexity index is 841. The molecule has 1 atom stereocenters. The van der Waals surface area contributed by atoms with Crippen molar-refractivity contribution in [2.24, 2.45) is 0 Å². The van der Waals surface area contributed by atoms with Gasteiger partial charge in [0.15, 0.2) is 12.7 Å². The summed E-state index contributed by atoms with van der Waals surface area (Å²) in [5.74, 6) is -0.358. The van der Waals surface area contributed by atoms with Gasteiger partial charge in [0.25, 0.3) is 5.91 Å². The summed E-state index contributed by atoms with van der Waals surface area (Å²) in [4.78, 5) is 24.1. The molecule has 0 aromatic heterocycles. The fraction of sp³-hybridized carbons (Fsp3) is 0.263. The van der Waals surface area contributed by atoms with Gasteiger partial charge in [-0.05, 0) is 43.7 Å². The predicted molar refractivity (Wildman–Crippen MR) is 104 cm³/mol. The van der Waals surface area contributed by atoms with Crippen LogP contribution in [-0.2, 0) is 14.3 Å². The van der Waals surface area contributed by atoms with Gasteiger partial charge >= 0.3 is 5.97 Å². The zero-order valence-corrected chi connectivity index (χ0v) is 16.6. The van der Waals surface area contributed by atoms with Crippen LogP contribution in [0.3, 0.4) is 0 Å². The van der Waals surface area contributed by atoms with Crippen LogP contribution in [0.1, 0.15) is 12.5 Å². The molecule has 0 saturated heterocycles. The lowest BCUT2D eigenvalue weighted by molar-refractivity contribution is -0.153. The third-order valence-electron chi connectivity index (χ3n) is 3.54. The number of benzene rings is 2. The average molecular weight is 412 g/mol. The first-order chi connectivity index (χ1) is 12.8. The quantitative estimate of drug-likeness (QED) is 0.688. The van der Waals surface area contributed by atoms with Crippen LogP contribution in [-0.4, -0.2) is 31.7 Å². The molecule has 0 heterocycles. The number of esters is 1. The molecule has 6 nitrogen and oxygen atoms in total. The van der Waals surface area contributed by atoms with E-state index in [9.17, 15) is 9.59 Å². The normalized spacial score (nSPS) is 11.4. The number of carbonyl (C=O) groups excluding carboxylic acids is 2. The van der Waals surface area contributed by atoms with Crippen molar-refractivity contribution in [2.45, 2.75) is 20.0 Å². The fourth-order valence-corrected chi connectivity index (χ4v) is 2.50. The van der Waals surface area contributed by atoms with Crippen molar-refractivity contribution in [2.75, 3.05) is 19.0 Å². The molecule has 0 bridgehead atoms. The van der Waals surface area contributed by atoms with E-state index in [1.807, 2.05) is 0 Å². The maximum atomic E-state index is 12.1. The van der Waals surface area contributed by atoms with Crippen molar-refractivity contribution < 1.29 is 23.8 Å². The number of rotatable bonds is 7. The number of aryl methyl sites for hydroxylation is 1. The summed E-state index contributed by atoms with van der Waals surface area (Å²) < 4.78 is 15.6. The molecule has 27 heavy (non-hydrogen) atoms. The molecule has 0 aliphatic rings. The van der Waals surface area contributed by atoms with E-state index in [-0.39, 0.29) is 0 Å². The molecule has 144 valence electrons. The third-order valence-corrected chi connectivity index (χ3v) is 4.18. The number of amides is 1. The molecule has 1 unspecified atom stereocenters. The summed E-state index contributed by atoms with van der Waals surface area (Å²) in [6, 6.07) is 9.90. The van der Waals surface area contributed by atoms with Crippen molar-refractivity contribution in [3.63, 3.8) is 0 Å². The first-order valence-corrected chi connectivity index (χ1v) is 8.78. The molecule has 2 aromatic rings. The second-order valence-corrected chi connectivity index (χ2v) is 6.52. The van der Waals surface area contributed by atoms with E-state index in [2.05, 4.69) is 5.32 Å². The summed E-state index contributed by atoms with van der Waals surface area (Å²) in [5.41, 5.74) is 1.21. The zero-order valence-electron chi connectivity index (χ0n) is 15.0. The SMILES string of the molecule is COc1cc(Cl)c(C)cc1NC(=O)COC(=O)C(C)Oc1cccc(Cl)c1. The Kier molecular flexibility index (Phi) is 7.33. The fourth-order valence-electron chi connectivity index (χ4n) is 2.16. The lowest BCUT2D eigenvalue weighted by Gasteiger charge is -2.15. The summed E-state index contributed by atoms with van der Waals surface area (Å²) in [5, 5.41) is 3.63. The van der Waals surface area contributed by atoms with E-state index in [0.29, 0.717) is 27.2 Å². The zero-order chi connectivity index (χ0) is 20.0. The number of nitrogens with one attached hydrogen (secondary N) is 1. The topological polar surface area (TPSA) is 73.9 Å². The standard InChI is InChI=1S/C19H19Cl2NO5/c1-11-7-16(17(25-3)9-15(11)21)22-18(23)10-26-19(24)12(2)27-14-6-4-5-13(20)8-14/h4-9,12H,10H2,1-3H3,(H,22,23). The minimum Gasteiger partial charge on any atom is -0.495 e. The van der Waals surface area contributed by atoms with Crippen LogP contribution in [0.25, 0.3) is 0 Å². The molecular weight excluding hydrogens is 393 g/mol. The molecule has 0 radical (unpaired) electrons. The average Bonchev–Trinajstić information content (AvgIpc) is 2.62. The number of carbonyl (C=O) groups is 2. The summed E-state index contributed by atoms with van der Waals surface area (Å²) in [7, 11) is 1.46. The monoisotopic (exact) mass is 411 g/mol. The van der Waals surface area contributed by atoms with E-state index in [1.165, 1.54) is 14.0 Å². The summed E-state index contributed by atoms with van der Waals surface area (Å²) >= 11 is 11.9. The molecule has 2 rings (SSSR count). The Labute approximate surface area is 167 Å². The number of halogens is 2. The Hall–Kier alpha value is -2.44. The highest BCUT2D eigenvalue weighted by molar-refractivity contribution is 6.31. The summed E-state index contributed by atoms with van der Waals surface area (Å²) in [6.07, 6.45) is -0.899. The Morgan fingerprint density at radius 1 is 1.19 bits per heavy atom. The highest BCUT2D eigenvalue weighted by atomic mass is 35.5. The van der Waals surface area contributed by atoms with Gasteiger partial charge in [-0.15, -0.1) is 0 Å². The minimum atomic E-state index is -0.899. The van der Waals surface area contributed by atoms with E-state index in [4.69, 9.17) is 37.4 Å². The number of methoxy groups -OCH3 is 1. The van der Waals surface area contributed by atoms with Crippen LogP contribution in [0, 0.1) is 6.92 Å². The molecule has 0 spiro atoms. The smallest absolute Gasteiger partial charge is 0.347 e. The lowest BCUT2D eigenvalue weighted by Crippen LogP contribution is -2.29. The Morgan fingerprint density at radius 2 is 1.93 bits per heavy atom. The van der Waals surface area contributed by atoms with Crippen molar-refractivity contribution in [3.05, 3.63) is 52.0 Å². The molecule has 2 aromatic carbocycles. The number of hydrogen-bond acceptors (Lipinski definition) is 5. The maximum Gasteiger partial charge on any atom is 0.347 e. The van der Waals surface area contributed by atoms with Crippen LogP contribution in [0.15, 0.2) is 36.4 Å². The van der Waals surface area contributed by atoms with Crippen LogP contribution in [0.4, 0.5) is 5.69 Å². The lowest BCUT2D eigenvalue weighted by atomic mass is 10.2. The minimum absolute atomic E-state index is 0.405.